The first-order chi connectivity index (χ1) is 13.6. The number of carbonyl (C=O) groups excluding carboxylic acids is 2. The van der Waals surface area contributed by atoms with Gasteiger partial charge in [0.25, 0.3) is 5.91 Å². The Kier molecular flexibility index (Phi) is 7.25. The van der Waals surface area contributed by atoms with Crippen molar-refractivity contribution in [3.8, 4) is 0 Å². The number of benzene rings is 1. The lowest BCUT2D eigenvalue weighted by molar-refractivity contribution is -0.121. The van der Waals surface area contributed by atoms with E-state index in [2.05, 4.69) is 15.5 Å². The molecule has 2 N–H and O–H groups in total. The molecular weight excluding hydrogens is 354 g/mol. The Morgan fingerprint density at radius 2 is 1.86 bits per heavy atom. The van der Waals surface area contributed by atoms with Crippen molar-refractivity contribution in [1.82, 2.24) is 15.5 Å². The summed E-state index contributed by atoms with van der Waals surface area (Å²) >= 11 is 0. The van der Waals surface area contributed by atoms with Crippen molar-refractivity contribution in [1.29, 1.82) is 0 Å². The fraction of sp³-hybridized carbons (Fsp3) is 0.455. The van der Waals surface area contributed by atoms with Crippen molar-refractivity contribution < 1.29 is 14.0 Å². The van der Waals surface area contributed by atoms with E-state index in [0.29, 0.717) is 18.7 Å². The summed E-state index contributed by atoms with van der Waals surface area (Å²) in [6, 6.07) is 11.3. The van der Waals surface area contributed by atoms with E-state index < -0.39 is 0 Å². The molecule has 3 rings (SSSR count). The molecule has 0 radical (unpaired) electrons. The number of hydrogen-bond acceptors (Lipinski definition) is 4. The Balaban J connectivity index is 1.45. The van der Waals surface area contributed by atoms with Crippen LogP contribution in [0, 0.1) is 6.92 Å². The van der Waals surface area contributed by atoms with Crippen LogP contribution in [-0.2, 0) is 4.79 Å². The van der Waals surface area contributed by atoms with Crippen LogP contribution in [0.25, 0.3) is 0 Å². The minimum absolute atomic E-state index is 0.0563. The van der Waals surface area contributed by atoms with Crippen LogP contribution in [0.3, 0.4) is 0 Å². The van der Waals surface area contributed by atoms with Gasteiger partial charge in [-0.3, -0.25) is 14.5 Å². The van der Waals surface area contributed by atoms with Crippen molar-refractivity contribution in [2.45, 2.75) is 38.6 Å². The molecule has 1 atom stereocenters. The second-order valence-electron chi connectivity index (χ2n) is 7.25. The van der Waals surface area contributed by atoms with E-state index in [9.17, 15) is 9.59 Å². The number of likely N-dealkylation sites (tertiary alicyclic amines) is 1. The van der Waals surface area contributed by atoms with Gasteiger partial charge in [-0.15, -0.1) is 0 Å². The highest BCUT2D eigenvalue weighted by atomic mass is 16.3. The first-order valence-corrected chi connectivity index (χ1v) is 10.0. The summed E-state index contributed by atoms with van der Waals surface area (Å²) in [7, 11) is 0. The maximum Gasteiger partial charge on any atom is 0.251 e. The molecule has 0 bridgehead atoms. The van der Waals surface area contributed by atoms with Crippen LogP contribution in [0.1, 0.15) is 53.4 Å². The van der Waals surface area contributed by atoms with E-state index >= 15 is 0 Å². The third-order valence-corrected chi connectivity index (χ3v) is 5.22. The molecule has 2 heterocycles. The zero-order valence-electron chi connectivity index (χ0n) is 16.4. The minimum atomic E-state index is -0.146. The van der Waals surface area contributed by atoms with Crippen LogP contribution in [0.5, 0.6) is 0 Å². The summed E-state index contributed by atoms with van der Waals surface area (Å²) in [5, 5.41) is 5.82. The van der Waals surface area contributed by atoms with Gasteiger partial charge >= 0.3 is 0 Å². The molecule has 0 spiro atoms. The molecule has 6 heteroatoms. The predicted molar refractivity (Wildman–Crippen MR) is 108 cm³/mol. The zero-order chi connectivity index (χ0) is 19.8. The lowest BCUT2D eigenvalue weighted by Gasteiger charge is -2.33. The predicted octanol–water partition coefficient (Wildman–Crippen LogP) is 3.05. The second-order valence-corrected chi connectivity index (χ2v) is 7.25. The third-order valence-electron chi connectivity index (χ3n) is 5.22. The first kappa shape index (κ1) is 20.1. The molecule has 1 fully saturated rings. The van der Waals surface area contributed by atoms with Gasteiger partial charge < -0.3 is 15.1 Å². The van der Waals surface area contributed by atoms with Gasteiger partial charge in [0.05, 0.1) is 12.3 Å². The van der Waals surface area contributed by atoms with Crippen LogP contribution < -0.4 is 10.6 Å². The molecule has 1 saturated heterocycles. The number of nitrogens with zero attached hydrogens (tertiary/aromatic N) is 1. The van der Waals surface area contributed by atoms with Crippen LogP contribution in [0.4, 0.5) is 0 Å². The van der Waals surface area contributed by atoms with E-state index in [1.165, 1.54) is 19.3 Å². The number of hydrogen-bond donors (Lipinski definition) is 2. The fourth-order valence-corrected chi connectivity index (χ4v) is 3.63. The summed E-state index contributed by atoms with van der Waals surface area (Å²) in [4.78, 5) is 26.9. The topological polar surface area (TPSA) is 74.6 Å². The van der Waals surface area contributed by atoms with Gasteiger partial charge in [0.2, 0.25) is 5.91 Å². The average Bonchev–Trinajstić information content (AvgIpc) is 3.24. The Morgan fingerprint density at radius 3 is 2.57 bits per heavy atom. The Morgan fingerprint density at radius 1 is 1.07 bits per heavy atom. The van der Waals surface area contributed by atoms with E-state index in [-0.39, 0.29) is 24.3 Å². The number of aryl methyl sites for hydroxylation is 1. The zero-order valence-corrected chi connectivity index (χ0v) is 16.4. The summed E-state index contributed by atoms with van der Waals surface area (Å²) in [6.45, 7) is 4.77. The molecule has 150 valence electrons. The molecule has 6 nitrogen and oxygen atoms in total. The molecule has 1 aliphatic rings. The van der Waals surface area contributed by atoms with Crippen LogP contribution in [0.15, 0.2) is 47.1 Å². The molecule has 28 heavy (non-hydrogen) atoms. The van der Waals surface area contributed by atoms with Gasteiger partial charge in [0, 0.05) is 25.1 Å². The van der Waals surface area contributed by atoms with Gasteiger partial charge in [0.15, 0.2) is 0 Å². The number of nitrogens with one attached hydrogen (secondary N) is 2. The molecule has 1 aromatic heterocycles. The van der Waals surface area contributed by atoms with E-state index in [1.54, 1.807) is 12.3 Å². The van der Waals surface area contributed by atoms with Crippen molar-refractivity contribution in [2.24, 2.45) is 0 Å². The quantitative estimate of drug-likeness (QED) is 0.735. The molecule has 1 aromatic carbocycles. The minimum Gasteiger partial charge on any atom is -0.468 e. The van der Waals surface area contributed by atoms with Gasteiger partial charge in [-0.2, -0.15) is 0 Å². The standard InChI is InChI=1S/C22H29N3O3/c1-17-8-3-4-9-18(17)22(27)23-12-11-21(26)24-16-19(20-10-7-15-28-20)25-13-5-2-6-14-25/h3-4,7-10,15,19H,2,5-6,11-14,16H2,1H3,(H,23,27)(H,24,26)/t19-/m0/s1. The van der Waals surface area contributed by atoms with Gasteiger partial charge in [-0.25, -0.2) is 0 Å². The molecule has 2 amide bonds. The second kappa shape index (κ2) is 10.1. The number of carbonyl (C=O) groups is 2. The van der Waals surface area contributed by atoms with Gasteiger partial charge in [-0.05, 0) is 56.6 Å². The van der Waals surface area contributed by atoms with Crippen molar-refractivity contribution >= 4 is 11.8 Å². The van der Waals surface area contributed by atoms with E-state index in [0.717, 1.165) is 24.4 Å². The third kappa shape index (κ3) is 5.45. The average molecular weight is 383 g/mol. The van der Waals surface area contributed by atoms with Gasteiger partial charge in [-0.1, -0.05) is 24.6 Å². The maximum absolute atomic E-state index is 12.3. The highest BCUT2D eigenvalue weighted by molar-refractivity contribution is 5.95. The van der Waals surface area contributed by atoms with Gasteiger partial charge in [0.1, 0.15) is 5.76 Å². The molecule has 2 aromatic rings. The number of amides is 2. The Labute approximate surface area is 166 Å². The monoisotopic (exact) mass is 383 g/mol. The van der Waals surface area contributed by atoms with Crippen LogP contribution in [0.2, 0.25) is 0 Å². The Hall–Kier alpha value is -2.60. The van der Waals surface area contributed by atoms with E-state index in [1.807, 2.05) is 37.3 Å². The van der Waals surface area contributed by atoms with Crippen LogP contribution in [-0.4, -0.2) is 42.9 Å². The summed E-state index contributed by atoms with van der Waals surface area (Å²) in [6.07, 6.45) is 5.54. The highest BCUT2D eigenvalue weighted by Crippen LogP contribution is 2.24. The normalized spacial score (nSPS) is 15.8. The number of furan rings is 1. The van der Waals surface area contributed by atoms with Crippen molar-refractivity contribution in [3.05, 3.63) is 59.5 Å². The molecule has 0 saturated carbocycles. The number of rotatable bonds is 8. The molecule has 1 aliphatic heterocycles. The van der Waals surface area contributed by atoms with Crippen LogP contribution >= 0.6 is 0 Å². The van der Waals surface area contributed by atoms with Crippen molar-refractivity contribution in [3.63, 3.8) is 0 Å². The fourth-order valence-electron chi connectivity index (χ4n) is 3.63. The molecular formula is C22H29N3O3. The summed E-state index contributed by atoms with van der Waals surface area (Å²) < 4.78 is 5.60. The lowest BCUT2D eigenvalue weighted by atomic mass is 10.1. The Bertz CT molecular complexity index is 767. The first-order valence-electron chi connectivity index (χ1n) is 10.0. The smallest absolute Gasteiger partial charge is 0.251 e. The summed E-state index contributed by atoms with van der Waals surface area (Å²) in [5.74, 6) is 0.668. The molecule has 0 unspecified atom stereocenters. The van der Waals surface area contributed by atoms with Crippen molar-refractivity contribution in [2.75, 3.05) is 26.2 Å². The largest absolute Gasteiger partial charge is 0.468 e. The highest BCUT2D eigenvalue weighted by Gasteiger charge is 2.24. The lowest BCUT2D eigenvalue weighted by Crippen LogP contribution is -2.41. The number of piperidine rings is 1. The summed E-state index contributed by atoms with van der Waals surface area (Å²) in [5.41, 5.74) is 1.57. The molecule has 0 aliphatic carbocycles. The van der Waals surface area contributed by atoms with E-state index in [4.69, 9.17) is 4.42 Å². The SMILES string of the molecule is Cc1ccccc1C(=O)NCCC(=O)NC[C@@H](c1ccco1)N1CCCCC1. The maximum atomic E-state index is 12.3.